The molecule has 20 heavy (non-hydrogen) atoms. The van der Waals surface area contributed by atoms with Crippen LogP contribution in [0.2, 0.25) is 0 Å². The second kappa shape index (κ2) is 6.23. The Kier molecular flexibility index (Phi) is 4.16. The van der Waals surface area contributed by atoms with E-state index in [2.05, 4.69) is 52.3 Å². The first-order chi connectivity index (χ1) is 9.84. The van der Waals surface area contributed by atoms with E-state index in [1.54, 1.807) is 0 Å². The summed E-state index contributed by atoms with van der Waals surface area (Å²) < 4.78 is 2.28. The van der Waals surface area contributed by atoms with Crippen molar-refractivity contribution < 1.29 is 0 Å². The fourth-order valence-corrected chi connectivity index (χ4v) is 3.05. The molecule has 3 heteroatoms. The van der Waals surface area contributed by atoms with E-state index in [9.17, 15) is 0 Å². The summed E-state index contributed by atoms with van der Waals surface area (Å²) in [5.74, 6) is 1.06. The molecule has 1 aliphatic carbocycles. The number of hydrogen-bond donors (Lipinski definition) is 1. The van der Waals surface area contributed by atoms with Gasteiger partial charge in [0.25, 0.3) is 0 Å². The number of rotatable bonds is 5. The summed E-state index contributed by atoms with van der Waals surface area (Å²) in [4.78, 5) is 4.52. The molecule has 1 aromatic carbocycles. The second-order valence-corrected chi connectivity index (χ2v) is 5.76. The van der Waals surface area contributed by atoms with Crippen LogP contribution in [0.15, 0.2) is 42.7 Å². The highest BCUT2D eigenvalue weighted by atomic mass is 15.1. The van der Waals surface area contributed by atoms with E-state index in [1.807, 2.05) is 12.3 Å². The van der Waals surface area contributed by atoms with Crippen LogP contribution < -0.4 is 5.32 Å². The summed E-state index contributed by atoms with van der Waals surface area (Å²) in [6.45, 7) is 3.27. The van der Waals surface area contributed by atoms with Crippen molar-refractivity contribution in [2.24, 2.45) is 0 Å². The molecule has 0 bridgehead atoms. The van der Waals surface area contributed by atoms with Crippen molar-refractivity contribution in [1.82, 2.24) is 14.9 Å². The van der Waals surface area contributed by atoms with Crippen LogP contribution in [-0.2, 0) is 0 Å². The SMILES string of the molecule is CC(CNC1CCCC1)n1ccnc1-c1ccccc1. The van der Waals surface area contributed by atoms with Gasteiger partial charge in [-0.3, -0.25) is 0 Å². The van der Waals surface area contributed by atoms with Gasteiger partial charge in [0.05, 0.1) is 0 Å². The quantitative estimate of drug-likeness (QED) is 0.898. The molecular formula is C17H23N3. The van der Waals surface area contributed by atoms with Crippen molar-refractivity contribution in [2.45, 2.75) is 44.7 Å². The monoisotopic (exact) mass is 269 g/mol. The second-order valence-electron chi connectivity index (χ2n) is 5.76. The molecule has 0 spiro atoms. The van der Waals surface area contributed by atoms with E-state index in [4.69, 9.17) is 0 Å². The number of aromatic nitrogens is 2. The predicted molar refractivity (Wildman–Crippen MR) is 82.6 cm³/mol. The molecule has 2 aromatic rings. The highest BCUT2D eigenvalue weighted by Crippen LogP contribution is 2.22. The molecule has 0 saturated heterocycles. The van der Waals surface area contributed by atoms with Gasteiger partial charge in [-0.05, 0) is 19.8 Å². The molecule has 1 atom stereocenters. The summed E-state index contributed by atoms with van der Waals surface area (Å²) in [6, 6.07) is 11.6. The zero-order valence-corrected chi connectivity index (χ0v) is 12.1. The maximum Gasteiger partial charge on any atom is 0.140 e. The van der Waals surface area contributed by atoms with Gasteiger partial charge in [-0.2, -0.15) is 0 Å². The Morgan fingerprint density at radius 2 is 2.00 bits per heavy atom. The number of nitrogens with zero attached hydrogens (tertiary/aromatic N) is 2. The molecule has 106 valence electrons. The van der Waals surface area contributed by atoms with E-state index in [0.717, 1.165) is 18.4 Å². The Morgan fingerprint density at radius 1 is 1.25 bits per heavy atom. The Hall–Kier alpha value is -1.61. The summed E-state index contributed by atoms with van der Waals surface area (Å²) in [7, 11) is 0. The van der Waals surface area contributed by atoms with Crippen molar-refractivity contribution >= 4 is 0 Å². The fraction of sp³-hybridized carbons (Fsp3) is 0.471. The zero-order valence-electron chi connectivity index (χ0n) is 12.1. The van der Waals surface area contributed by atoms with E-state index >= 15 is 0 Å². The predicted octanol–water partition coefficient (Wildman–Crippen LogP) is 3.64. The lowest BCUT2D eigenvalue weighted by Gasteiger charge is -2.20. The molecule has 0 radical (unpaired) electrons. The van der Waals surface area contributed by atoms with Crippen molar-refractivity contribution in [3.05, 3.63) is 42.7 Å². The molecule has 3 nitrogen and oxygen atoms in total. The Bertz CT molecular complexity index is 526. The van der Waals surface area contributed by atoms with Crippen LogP contribution in [0, 0.1) is 0 Å². The van der Waals surface area contributed by atoms with E-state index in [1.165, 1.54) is 31.2 Å². The lowest BCUT2D eigenvalue weighted by atomic mass is 10.2. The van der Waals surface area contributed by atoms with E-state index in [-0.39, 0.29) is 0 Å². The third-order valence-corrected chi connectivity index (χ3v) is 4.23. The Labute approximate surface area is 121 Å². The molecule has 1 aromatic heterocycles. The molecule has 3 rings (SSSR count). The number of nitrogens with one attached hydrogen (secondary N) is 1. The first kappa shape index (κ1) is 13.4. The summed E-state index contributed by atoms with van der Waals surface area (Å²) in [5.41, 5.74) is 1.19. The third-order valence-electron chi connectivity index (χ3n) is 4.23. The van der Waals surface area contributed by atoms with Gasteiger partial charge >= 0.3 is 0 Å². The minimum Gasteiger partial charge on any atom is -0.327 e. The van der Waals surface area contributed by atoms with Crippen LogP contribution in [0.3, 0.4) is 0 Å². The molecule has 0 aliphatic heterocycles. The van der Waals surface area contributed by atoms with Crippen LogP contribution in [-0.4, -0.2) is 22.1 Å². The summed E-state index contributed by atoms with van der Waals surface area (Å²) >= 11 is 0. The standard InChI is InChI=1S/C17H23N3/c1-14(13-19-16-9-5-6-10-16)20-12-11-18-17(20)15-7-3-2-4-8-15/h2-4,7-8,11-12,14,16,19H,5-6,9-10,13H2,1H3. The molecule has 1 fully saturated rings. The van der Waals surface area contributed by atoms with Gasteiger partial charge in [-0.15, -0.1) is 0 Å². The largest absolute Gasteiger partial charge is 0.327 e. The van der Waals surface area contributed by atoms with Crippen LogP contribution in [0.4, 0.5) is 0 Å². The lowest BCUT2D eigenvalue weighted by molar-refractivity contribution is 0.442. The molecule has 1 heterocycles. The number of imidazole rings is 1. The minimum absolute atomic E-state index is 0.424. The van der Waals surface area contributed by atoms with Gasteiger partial charge < -0.3 is 9.88 Å². The van der Waals surface area contributed by atoms with E-state index in [0.29, 0.717) is 6.04 Å². The third kappa shape index (κ3) is 2.93. The van der Waals surface area contributed by atoms with Gasteiger partial charge in [0.15, 0.2) is 0 Å². The van der Waals surface area contributed by atoms with Gasteiger partial charge in [0.2, 0.25) is 0 Å². The lowest BCUT2D eigenvalue weighted by Crippen LogP contribution is -2.31. The van der Waals surface area contributed by atoms with Gasteiger partial charge in [0.1, 0.15) is 5.82 Å². The van der Waals surface area contributed by atoms with Gasteiger partial charge in [0, 0.05) is 36.6 Å². The Balaban J connectivity index is 1.69. The molecule has 1 N–H and O–H groups in total. The molecular weight excluding hydrogens is 246 g/mol. The normalized spacial score (nSPS) is 17.4. The van der Waals surface area contributed by atoms with Gasteiger partial charge in [-0.1, -0.05) is 43.2 Å². The van der Waals surface area contributed by atoms with Crippen LogP contribution in [0.1, 0.15) is 38.6 Å². The van der Waals surface area contributed by atoms with Crippen molar-refractivity contribution in [2.75, 3.05) is 6.54 Å². The van der Waals surface area contributed by atoms with Crippen LogP contribution >= 0.6 is 0 Å². The van der Waals surface area contributed by atoms with Crippen molar-refractivity contribution in [3.63, 3.8) is 0 Å². The van der Waals surface area contributed by atoms with Crippen LogP contribution in [0.5, 0.6) is 0 Å². The summed E-state index contributed by atoms with van der Waals surface area (Å²) in [6.07, 6.45) is 9.42. The van der Waals surface area contributed by atoms with Crippen molar-refractivity contribution in [1.29, 1.82) is 0 Å². The molecule has 1 aliphatic rings. The summed E-state index contributed by atoms with van der Waals surface area (Å²) in [5, 5.41) is 3.70. The fourth-order valence-electron chi connectivity index (χ4n) is 3.05. The average molecular weight is 269 g/mol. The highest BCUT2D eigenvalue weighted by molar-refractivity contribution is 5.55. The topological polar surface area (TPSA) is 29.9 Å². The van der Waals surface area contributed by atoms with Gasteiger partial charge in [-0.25, -0.2) is 4.98 Å². The first-order valence-corrected chi connectivity index (χ1v) is 7.66. The maximum atomic E-state index is 4.52. The first-order valence-electron chi connectivity index (χ1n) is 7.66. The average Bonchev–Trinajstić information content (AvgIpc) is 3.17. The minimum atomic E-state index is 0.424. The smallest absolute Gasteiger partial charge is 0.140 e. The molecule has 1 saturated carbocycles. The number of hydrogen-bond acceptors (Lipinski definition) is 2. The number of benzene rings is 1. The Morgan fingerprint density at radius 3 is 2.75 bits per heavy atom. The molecule has 0 amide bonds. The van der Waals surface area contributed by atoms with E-state index < -0.39 is 0 Å². The maximum absolute atomic E-state index is 4.52. The molecule has 1 unspecified atom stereocenters. The zero-order chi connectivity index (χ0) is 13.8. The van der Waals surface area contributed by atoms with Crippen molar-refractivity contribution in [3.8, 4) is 11.4 Å². The van der Waals surface area contributed by atoms with Crippen LogP contribution in [0.25, 0.3) is 11.4 Å². The highest BCUT2D eigenvalue weighted by Gasteiger charge is 2.16.